The molecule has 152 valence electrons. The smallest absolute Gasteiger partial charge is 0.175 e. The predicted molar refractivity (Wildman–Crippen MR) is 131 cm³/mol. The van der Waals surface area contributed by atoms with Crippen molar-refractivity contribution >= 4 is 39.5 Å². The Kier molecular flexibility index (Phi) is 5.55. The Morgan fingerprint density at radius 2 is 1.60 bits per heavy atom. The molecule has 4 aromatic rings. The fraction of sp³-hybridized carbons (Fsp3) is 0.200. The lowest BCUT2D eigenvalue weighted by Gasteiger charge is -2.13. The number of nitrogens with one attached hydrogen (secondary N) is 2. The number of fused-ring (bicyclic) bond motifs is 1. The van der Waals surface area contributed by atoms with Crippen molar-refractivity contribution in [1.82, 2.24) is 9.78 Å². The normalized spacial score (nSPS) is 10.9. The van der Waals surface area contributed by atoms with E-state index in [4.69, 9.17) is 17.3 Å². The standard InChI is InChI=1S/C25H26N4S/c1-16-12-17(2)14-22(13-16)26-25(30)27-24-18(3)28-29(19(24)4)15-21-10-7-9-20-8-5-6-11-23(20)21/h5-14H,15H2,1-4H3,(H2,26,27,30). The summed E-state index contributed by atoms with van der Waals surface area (Å²) >= 11 is 5.57. The van der Waals surface area contributed by atoms with Crippen LogP contribution in [0.25, 0.3) is 10.8 Å². The van der Waals surface area contributed by atoms with Gasteiger partial charge in [0.25, 0.3) is 0 Å². The number of nitrogens with zero attached hydrogens (tertiary/aromatic N) is 2. The number of thiocarbonyl (C=S) groups is 1. The minimum absolute atomic E-state index is 0.566. The van der Waals surface area contributed by atoms with E-state index in [0.29, 0.717) is 11.7 Å². The monoisotopic (exact) mass is 414 g/mol. The second-order valence-electron chi connectivity index (χ2n) is 7.80. The lowest BCUT2D eigenvalue weighted by Crippen LogP contribution is -2.20. The summed E-state index contributed by atoms with van der Waals surface area (Å²) in [6, 6.07) is 21.2. The fourth-order valence-electron chi connectivity index (χ4n) is 3.95. The first-order valence-corrected chi connectivity index (χ1v) is 10.5. The molecule has 1 aromatic heterocycles. The third kappa shape index (κ3) is 4.21. The van der Waals surface area contributed by atoms with Crippen molar-refractivity contribution in [2.45, 2.75) is 34.2 Å². The number of benzene rings is 3. The summed E-state index contributed by atoms with van der Waals surface area (Å²) in [6.07, 6.45) is 0. The lowest BCUT2D eigenvalue weighted by molar-refractivity contribution is 0.662. The zero-order chi connectivity index (χ0) is 21.3. The van der Waals surface area contributed by atoms with Gasteiger partial charge in [0.05, 0.1) is 23.6 Å². The summed E-state index contributed by atoms with van der Waals surface area (Å²) in [5.41, 5.74) is 7.59. The summed E-state index contributed by atoms with van der Waals surface area (Å²) in [7, 11) is 0. The molecule has 0 fully saturated rings. The third-order valence-corrected chi connectivity index (χ3v) is 5.50. The van der Waals surface area contributed by atoms with Gasteiger partial charge in [-0.25, -0.2) is 0 Å². The van der Waals surface area contributed by atoms with E-state index in [1.54, 1.807) is 0 Å². The van der Waals surface area contributed by atoms with Crippen molar-refractivity contribution in [3.05, 3.63) is 88.7 Å². The van der Waals surface area contributed by atoms with Gasteiger partial charge in [-0.3, -0.25) is 4.68 Å². The van der Waals surface area contributed by atoms with Crippen LogP contribution in [0.15, 0.2) is 60.7 Å². The van der Waals surface area contributed by atoms with E-state index in [-0.39, 0.29) is 0 Å². The van der Waals surface area contributed by atoms with Crippen LogP contribution in [-0.2, 0) is 6.54 Å². The Morgan fingerprint density at radius 1 is 0.900 bits per heavy atom. The van der Waals surface area contributed by atoms with Crippen LogP contribution in [0.1, 0.15) is 28.1 Å². The molecule has 0 saturated heterocycles. The van der Waals surface area contributed by atoms with E-state index in [9.17, 15) is 0 Å². The number of aryl methyl sites for hydroxylation is 3. The first-order valence-electron chi connectivity index (χ1n) is 10.1. The Morgan fingerprint density at radius 3 is 2.37 bits per heavy atom. The molecule has 3 aromatic carbocycles. The van der Waals surface area contributed by atoms with Gasteiger partial charge in [-0.05, 0) is 79.5 Å². The Labute approximate surface area is 182 Å². The molecule has 0 amide bonds. The van der Waals surface area contributed by atoms with E-state index in [0.717, 1.165) is 22.8 Å². The predicted octanol–water partition coefficient (Wildman–Crippen LogP) is 6.13. The van der Waals surface area contributed by atoms with Crippen molar-refractivity contribution < 1.29 is 0 Å². The van der Waals surface area contributed by atoms with Crippen molar-refractivity contribution in [1.29, 1.82) is 0 Å². The van der Waals surface area contributed by atoms with Gasteiger partial charge in [-0.1, -0.05) is 48.5 Å². The van der Waals surface area contributed by atoms with Crippen LogP contribution in [0, 0.1) is 27.7 Å². The molecule has 5 heteroatoms. The summed E-state index contributed by atoms with van der Waals surface area (Å²) in [5.74, 6) is 0. The lowest BCUT2D eigenvalue weighted by atomic mass is 10.0. The molecule has 0 atom stereocenters. The van der Waals surface area contributed by atoms with Crippen LogP contribution in [0.4, 0.5) is 11.4 Å². The molecule has 4 nitrogen and oxygen atoms in total. The van der Waals surface area contributed by atoms with E-state index >= 15 is 0 Å². The average molecular weight is 415 g/mol. The van der Waals surface area contributed by atoms with Crippen molar-refractivity contribution in [3.63, 3.8) is 0 Å². The number of rotatable bonds is 4. The van der Waals surface area contributed by atoms with Gasteiger partial charge in [0.2, 0.25) is 0 Å². The van der Waals surface area contributed by atoms with E-state index in [1.165, 1.54) is 27.5 Å². The molecule has 0 aliphatic carbocycles. The number of aromatic nitrogens is 2. The first kappa shape index (κ1) is 20.1. The molecule has 0 saturated carbocycles. The SMILES string of the molecule is Cc1cc(C)cc(NC(=S)Nc2c(C)nn(Cc3cccc4ccccc34)c2C)c1. The Hall–Kier alpha value is -3.18. The fourth-order valence-corrected chi connectivity index (χ4v) is 4.17. The number of anilines is 2. The van der Waals surface area contributed by atoms with Gasteiger partial charge < -0.3 is 10.6 Å². The van der Waals surface area contributed by atoms with E-state index in [1.807, 2.05) is 11.6 Å². The second kappa shape index (κ2) is 8.28. The van der Waals surface area contributed by atoms with Crippen LogP contribution >= 0.6 is 12.2 Å². The minimum Gasteiger partial charge on any atom is -0.332 e. The van der Waals surface area contributed by atoms with Gasteiger partial charge in [-0.2, -0.15) is 5.10 Å². The highest BCUT2D eigenvalue weighted by Crippen LogP contribution is 2.24. The van der Waals surface area contributed by atoms with E-state index < -0.39 is 0 Å². The van der Waals surface area contributed by atoms with Gasteiger partial charge in [0.15, 0.2) is 5.11 Å². The van der Waals surface area contributed by atoms with Gasteiger partial charge in [0, 0.05) is 5.69 Å². The Bertz CT molecular complexity index is 1210. The van der Waals surface area contributed by atoms with Crippen LogP contribution < -0.4 is 10.6 Å². The largest absolute Gasteiger partial charge is 0.332 e. The first-order chi connectivity index (χ1) is 14.4. The molecule has 30 heavy (non-hydrogen) atoms. The highest BCUT2D eigenvalue weighted by molar-refractivity contribution is 7.80. The van der Waals surface area contributed by atoms with Gasteiger partial charge >= 0.3 is 0 Å². The van der Waals surface area contributed by atoms with Crippen LogP contribution in [0.3, 0.4) is 0 Å². The molecule has 0 bridgehead atoms. The molecule has 0 aliphatic rings. The number of hydrogen-bond donors (Lipinski definition) is 2. The van der Waals surface area contributed by atoms with Crippen LogP contribution in [0.2, 0.25) is 0 Å². The van der Waals surface area contributed by atoms with Crippen LogP contribution in [-0.4, -0.2) is 14.9 Å². The van der Waals surface area contributed by atoms with Crippen molar-refractivity contribution in [2.75, 3.05) is 10.6 Å². The van der Waals surface area contributed by atoms with E-state index in [2.05, 4.69) is 92.1 Å². The molecule has 0 aliphatic heterocycles. The highest BCUT2D eigenvalue weighted by Gasteiger charge is 2.14. The quantitative estimate of drug-likeness (QED) is 0.394. The molecule has 4 rings (SSSR count). The molecule has 2 N–H and O–H groups in total. The third-order valence-electron chi connectivity index (χ3n) is 5.30. The van der Waals surface area contributed by atoms with Gasteiger partial charge in [-0.15, -0.1) is 0 Å². The zero-order valence-corrected chi connectivity index (χ0v) is 18.6. The zero-order valence-electron chi connectivity index (χ0n) is 17.8. The average Bonchev–Trinajstić information content (AvgIpc) is 2.95. The summed E-state index contributed by atoms with van der Waals surface area (Å²) in [4.78, 5) is 0. The highest BCUT2D eigenvalue weighted by atomic mass is 32.1. The maximum Gasteiger partial charge on any atom is 0.175 e. The van der Waals surface area contributed by atoms with Crippen LogP contribution in [0.5, 0.6) is 0 Å². The number of hydrogen-bond acceptors (Lipinski definition) is 2. The molecule has 0 unspecified atom stereocenters. The molecular formula is C25H26N4S. The summed E-state index contributed by atoms with van der Waals surface area (Å²) in [6.45, 7) is 8.97. The van der Waals surface area contributed by atoms with Gasteiger partial charge in [0.1, 0.15) is 0 Å². The Balaban J connectivity index is 1.55. The summed E-state index contributed by atoms with van der Waals surface area (Å²) < 4.78 is 2.04. The molecule has 0 spiro atoms. The maximum absolute atomic E-state index is 5.57. The molecule has 0 radical (unpaired) electrons. The van der Waals surface area contributed by atoms with Crippen molar-refractivity contribution in [3.8, 4) is 0 Å². The second-order valence-corrected chi connectivity index (χ2v) is 8.21. The van der Waals surface area contributed by atoms with Crippen molar-refractivity contribution in [2.24, 2.45) is 0 Å². The molecular weight excluding hydrogens is 388 g/mol. The maximum atomic E-state index is 5.57. The minimum atomic E-state index is 0.566. The molecule has 1 heterocycles. The topological polar surface area (TPSA) is 41.9 Å². The summed E-state index contributed by atoms with van der Waals surface area (Å²) in [5, 5.41) is 14.5.